The van der Waals surface area contributed by atoms with Gasteiger partial charge in [0.15, 0.2) is 0 Å². The normalized spacial score (nSPS) is 12.7. The fourth-order valence-electron chi connectivity index (χ4n) is 1.19. The first-order valence-corrected chi connectivity index (χ1v) is 5.16. The third-order valence-corrected chi connectivity index (χ3v) is 2.24. The number of nitrogen functional groups attached to an aromatic ring is 1. The third kappa shape index (κ3) is 4.76. The molecule has 1 heterocycles. The minimum atomic E-state index is 0.254. The molecule has 0 bridgehead atoms. The van der Waals surface area contributed by atoms with E-state index in [0.29, 0.717) is 5.69 Å². The van der Waals surface area contributed by atoms with Gasteiger partial charge in [-0.15, -0.1) is 0 Å². The molecule has 0 aliphatic heterocycles. The summed E-state index contributed by atoms with van der Waals surface area (Å²) in [6, 6.07) is 3.83. The Hall–Kier alpha value is -1.13. The lowest BCUT2D eigenvalue weighted by molar-refractivity contribution is 0.117. The number of hydrogen-bond acceptors (Lipinski definition) is 4. The summed E-state index contributed by atoms with van der Waals surface area (Å²) in [6.07, 6.45) is 2.86. The highest BCUT2D eigenvalue weighted by molar-refractivity contribution is 5.34. The predicted molar refractivity (Wildman–Crippen MR) is 61.7 cm³/mol. The number of nitrogens with zero attached hydrogens (tertiary/aromatic N) is 1. The Morgan fingerprint density at radius 1 is 1.53 bits per heavy atom. The zero-order valence-electron chi connectivity index (χ0n) is 9.36. The minimum Gasteiger partial charge on any atom is -0.397 e. The average Bonchev–Trinajstić information content (AvgIpc) is 2.26. The van der Waals surface area contributed by atoms with Crippen molar-refractivity contribution in [2.75, 3.05) is 25.9 Å². The fraction of sp³-hybridized carbons (Fsp3) is 0.545. The standard InChI is InChI=1S/C11H19N3O/c1-9(15-2)7-13-6-5-11-4-3-10(12)8-14-11/h3-4,8-9,13H,5-7,12H2,1-2H3. The lowest BCUT2D eigenvalue weighted by Gasteiger charge is -2.10. The van der Waals surface area contributed by atoms with E-state index >= 15 is 0 Å². The molecule has 3 N–H and O–H groups in total. The van der Waals surface area contributed by atoms with Gasteiger partial charge in [-0.25, -0.2) is 0 Å². The van der Waals surface area contributed by atoms with Crippen molar-refractivity contribution in [2.24, 2.45) is 0 Å². The maximum absolute atomic E-state index is 5.54. The van der Waals surface area contributed by atoms with Crippen LogP contribution in [0.15, 0.2) is 18.3 Å². The van der Waals surface area contributed by atoms with E-state index in [1.165, 1.54) is 0 Å². The van der Waals surface area contributed by atoms with Crippen LogP contribution in [0.1, 0.15) is 12.6 Å². The zero-order chi connectivity index (χ0) is 11.1. The summed E-state index contributed by atoms with van der Waals surface area (Å²) < 4.78 is 5.12. The molecule has 1 atom stereocenters. The van der Waals surface area contributed by atoms with E-state index in [0.717, 1.165) is 25.2 Å². The van der Waals surface area contributed by atoms with Gasteiger partial charge in [-0.1, -0.05) is 0 Å². The number of nitrogens with two attached hydrogens (primary N) is 1. The average molecular weight is 209 g/mol. The molecule has 1 rings (SSSR count). The van der Waals surface area contributed by atoms with Gasteiger partial charge < -0.3 is 15.8 Å². The van der Waals surface area contributed by atoms with E-state index in [-0.39, 0.29) is 6.10 Å². The van der Waals surface area contributed by atoms with Crippen LogP contribution in [-0.4, -0.2) is 31.3 Å². The van der Waals surface area contributed by atoms with Crippen LogP contribution in [0.3, 0.4) is 0 Å². The van der Waals surface area contributed by atoms with E-state index in [4.69, 9.17) is 10.5 Å². The first-order chi connectivity index (χ1) is 7.22. The van der Waals surface area contributed by atoms with Gasteiger partial charge in [0.05, 0.1) is 18.0 Å². The monoisotopic (exact) mass is 209 g/mol. The Morgan fingerprint density at radius 2 is 2.33 bits per heavy atom. The first kappa shape index (κ1) is 11.9. The molecule has 4 nitrogen and oxygen atoms in total. The smallest absolute Gasteiger partial charge is 0.0667 e. The Morgan fingerprint density at radius 3 is 2.93 bits per heavy atom. The highest BCUT2D eigenvalue weighted by atomic mass is 16.5. The number of pyridine rings is 1. The molecule has 1 unspecified atom stereocenters. The van der Waals surface area contributed by atoms with Crippen molar-refractivity contribution in [1.29, 1.82) is 0 Å². The van der Waals surface area contributed by atoms with Crippen LogP contribution >= 0.6 is 0 Å². The van der Waals surface area contributed by atoms with Crippen molar-refractivity contribution in [3.63, 3.8) is 0 Å². The number of anilines is 1. The topological polar surface area (TPSA) is 60.2 Å². The van der Waals surface area contributed by atoms with Crippen LogP contribution in [0, 0.1) is 0 Å². The van der Waals surface area contributed by atoms with Crippen molar-refractivity contribution in [1.82, 2.24) is 10.3 Å². The van der Waals surface area contributed by atoms with E-state index in [1.807, 2.05) is 19.1 Å². The first-order valence-electron chi connectivity index (χ1n) is 5.16. The Kier molecular flexibility index (Phi) is 5.07. The van der Waals surface area contributed by atoms with Crippen molar-refractivity contribution in [3.8, 4) is 0 Å². The second-order valence-electron chi connectivity index (χ2n) is 3.58. The molecule has 0 aliphatic carbocycles. The largest absolute Gasteiger partial charge is 0.397 e. The van der Waals surface area contributed by atoms with Gasteiger partial charge in [-0.2, -0.15) is 0 Å². The molecule has 84 valence electrons. The molecule has 0 aromatic carbocycles. The van der Waals surface area contributed by atoms with E-state index in [1.54, 1.807) is 13.3 Å². The second-order valence-corrected chi connectivity index (χ2v) is 3.58. The molecule has 4 heteroatoms. The molecule has 0 amide bonds. The van der Waals surface area contributed by atoms with Crippen LogP contribution in [0.5, 0.6) is 0 Å². The summed E-state index contributed by atoms with van der Waals surface area (Å²) in [5.41, 5.74) is 7.31. The summed E-state index contributed by atoms with van der Waals surface area (Å²) in [5, 5.41) is 3.30. The van der Waals surface area contributed by atoms with Gasteiger partial charge in [0.25, 0.3) is 0 Å². The second kappa shape index (κ2) is 6.37. The van der Waals surface area contributed by atoms with Crippen LogP contribution in [0.4, 0.5) is 5.69 Å². The predicted octanol–water partition coefficient (Wildman–Crippen LogP) is 0.831. The van der Waals surface area contributed by atoms with Crippen molar-refractivity contribution >= 4 is 5.69 Å². The van der Waals surface area contributed by atoms with Gasteiger partial charge >= 0.3 is 0 Å². The fourth-order valence-corrected chi connectivity index (χ4v) is 1.19. The molecule has 0 radical (unpaired) electrons. The van der Waals surface area contributed by atoms with Crippen molar-refractivity contribution in [3.05, 3.63) is 24.0 Å². The van der Waals surface area contributed by atoms with Crippen LogP contribution in [0.2, 0.25) is 0 Å². The number of hydrogen-bond donors (Lipinski definition) is 2. The van der Waals surface area contributed by atoms with Crippen LogP contribution in [0.25, 0.3) is 0 Å². The molecular formula is C11H19N3O. The van der Waals surface area contributed by atoms with Gasteiger partial charge in [-0.05, 0) is 19.1 Å². The van der Waals surface area contributed by atoms with E-state index in [2.05, 4.69) is 10.3 Å². The van der Waals surface area contributed by atoms with Gasteiger partial charge in [0.1, 0.15) is 0 Å². The summed E-state index contributed by atoms with van der Waals surface area (Å²) in [6.45, 7) is 3.81. The van der Waals surface area contributed by atoms with Crippen LogP contribution < -0.4 is 11.1 Å². The molecular weight excluding hydrogens is 190 g/mol. The molecule has 0 fully saturated rings. The van der Waals surface area contributed by atoms with Crippen molar-refractivity contribution in [2.45, 2.75) is 19.4 Å². The van der Waals surface area contributed by atoms with Gasteiger partial charge in [-0.3, -0.25) is 4.98 Å². The summed E-state index contributed by atoms with van der Waals surface area (Å²) in [5.74, 6) is 0. The number of rotatable bonds is 6. The molecule has 15 heavy (non-hydrogen) atoms. The van der Waals surface area contributed by atoms with Gasteiger partial charge in [0.2, 0.25) is 0 Å². The summed E-state index contributed by atoms with van der Waals surface area (Å²) in [7, 11) is 1.72. The molecule has 0 spiro atoms. The maximum atomic E-state index is 5.54. The Bertz CT molecular complexity index is 274. The lowest BCUT2D eigenvalue weighted by Crippen LogP contribution is -2.27. The Balaban J connectivity index is 2.17. The molecule has 1 aromatic heterocycles. The minimum absolute atomic E-state index is 0.254. The molecule has 0 saturated heterocycles. The van der Waals surface area contributed by atoms with Crippen molar-refractivity contribution < 1.29 is 4.74 Å². The van der Waals surface area contributed by atoms with Crippen LogP contribution in [-0.2, 0) is 11.2 Å². The van der Waals surface area contributed by atoms with E-state index < -0.39 is 0 Å². The summed E-state index contributed by atoms with van der Waals surface area (Å²) >= 11 is 0. The highest BCUT2D eigenvalue weighted by Crippen LogP contribution is 2.00. The number of nitrogens with one attached hydrogen (secondary N) is 1. The quantitative estimate of drug-likeness (QED) is 0.681. The number of aromatic nitrogens is 1. The SMILES string of the molecule is COC(C)CNCCc1ccc(N)cn1. The van der Waals surface area contributed by atoms with Gasteiger partial charge in [0, 0.05) is 32.3 Å². The molecule has 1 aromatic rings. The number of ether oxygens (including phenoxy) is 1. The highest BCUT2D eigenvalue weighted by Gasteiger charge is 1.98. The van der Waals surface area contributed by atoms with E-state index in [9.17, 15) is 0 Å². The maximum Gasteiger partial charge on any atom is 0.0667 e. The lowest BCUT2D eigenvalue weighted by atomic mass is 10.2. The number of methoxy groups -OCH3 is 1. The molecule has 0 saturated carbocycles. The third-order valence-electron chi connectivity index (χ3n) is 2.24. The Labute approximate surface area is 90.8 Å². The zero-order valence-corrected chi connectivity index (χ0v) is 9.36. The summed E-state index contributed by atoms with van der Waals surface area (Å²) in [4.78, 5) is 4.22. The molecule has 0 aliphatic rings.